The summed E-state index contributed by atoms with van der Waals surface area (Å²) in [7, 11) is 0. The third-order valence-electron chi connectivity index (χ3n) is 5.76. The van der Waals surface area contributed by atoms with Gasteiger partial charge in [-0.2, -0.15) is 0 Å². The Balaban J connectivity index is 1.53. The van der Waals surface area contributed by atoms with Crippen molar-refractivity contribution in [2.45, 2.75) is 25.6 Å². The maximum Gasteiger partial charge on any atom is 0.335 e. The number of nitrogens with zero attached hydrogens (tertiary/aromatic N) is 2. The zero-order chi connectivity index (χ0) is 22.9. The summed E-state index contributed by atoms with van der Waals surface area (Å²) in [6.07, 6.45) is 3.40. The second kappa shape index (κ2) is 8.55. The molecule has 33 heavy (non-hydrogen) atoms. The van der Waals surface area contributed by atoms with Gasteiger partial charge in [-0.1, -0.05) is 12.1 Å². The zero-order valence-corrected chi connectivity index (χ0v) is 18.6. The lowest BCUT2D eigenvalue weighted by Gasteiger charge is -2.25. The van der Waals surface area contributed by atoms with Crippen LogP contribution in [0.25, 0.3) is 11.3 Å². The van der Waals surface area contributed by atoms with Crippen LogP contribution < -0.4 is 5.32 Å². The molecular formula is C25H21N3O4S. The molecule has 2 N–H and O–H groups in total. The molecule has 0 aliphatic carbocycles. The first kappa shape index (κ1) is 21.0. The summed E-state index contributed by atoms with van der Waals surface area (Å²) < 4.78 is 11.9. The lowest BCUT2D eigenvalue weighted by atomic mass is 10.0. The van der Waals surface area contributed by atoms with Crippen LogP contribution in [-0.2, 0) is 6.54 Å². The molecule has 0 unspecified atom stereocenters. The number of carboxylic acid groups (broad SMARTS) is 1. The van der Waals surface area contributed by atoms with Crippen LogP contribution in [0.1, 0.15) is 45.2 Å². The molecule has 166 valence electrons. The molecule has 2 atom stereocenters. The van der Waals surface area contributed by atoms with E-state index in [4.69, 9.17) is 21.1 Å². The SMILES string of the molecule is Cc1cc(C(=O)O)ccc1-c1ccc([C@H]2[C@H](c3ccccn3)NC(=S)N2Cc2ccco2)o1. The molecule has 0 spiro atoms. The summed E-state index contributed by atoms with van der Waals surface area (Å²) in [5.41, 5.74) is 2.76. The Morgan fingerprint density at radius 1 is 1.18 bits per heavy atom. The van der Waals surface area contributed by atoms with Gasteiger partial charge in [-0.05, 0) is 73.2 Å². The number of hydrogen-bond acceptors (Lipinski definition) is 5. The Kier molecular flexibility index (Phi) is 5.43. The van der Waals surface area contributed by atoms with Crippen LogP contribution in [0.3, 0.4) is 0 Å². The molecule has 0 amide bonds. The van der Waals surface area contributed by atoms with Crippen molar-refractivity contribution in [3.8, 4) is 11.3 Å². The molecule has 0 saturated carbocycles. The van der Waals surface area contributed by atoms with Gasteiger partial charge in [-0.25, -0.2) is 4.79 Å². The minimum Gasteiger partial charge on any atom is -0.478 e. The van der Waals surface area contributed by atoms with Crippen LogP contribution in [0.15, 0.2) is 82.0 Å². The number of aromatic nitrogens is 1. The number of carbonyl (C=O) groups is 1. The van der Waals surface area contributed by atoms with Crippen LogP contribution in [0.2, 0.25) is 0 Å². The van der Waals surface area contributed by atoms with E-state index in [0.29, 0.717) is 17.4 Å². The Morgan fingerprint density at radius 2 is 2.06 bits per heavy atom. The van der Waals surface area contributed by atoms with E-state index in [1.54, 1.807) is 30.7 Å². The van der Waals surface area contributed by atoms with Gasteiger partial charge in [0, 0.05) is 11.8 Å². The van der Waals surface area contributed by atoms with Crippen LogP contribution >= 0.6 is 12.2 Å². The largest absolute Gasteiger partial charge is 0.478 e. The van der Waals surface area contributed by atoms with Crippen molar-refractivity contribution in [2.24, 2.45) is 0 Å². The van der Waals surface area contributed by atoms with Crippen molar-refractivity contribution in [1.82, 2.24) is 15.2 Å². The predicted molar refractivity (Wildman–Crippen MR) is 126 cm³/mol. The fourth-order valence-electron chi connectivity index (χ4n) is 4.18. The molecule has 8 heteroatoms. The van der Waals surface area contributed by atoms with Crippen molar-refractivity contribution >= 4 is 23.3 Å². The number of rotatable bonds is 6. The van der Waals surface area contributed by atoms with Crippen molar-refractivity contribution in [1.29, 1.82) is 0 Å². The number of aromatic carboxylic acids is 1. The summed E-state index contributed by atoms with van der Waals surface area (Å²) in [6, 6.07) is 17.9. The molecule has 1 fully saturated rings. The second-order valence-corrected chi connectivity index (χ2v) is 8.26. The topological polar surface area (TPSA) is 91.7 Å². The third kappa shape index (κ3) is 4.01. The smallest absolute Gasteiger partial charge is 0.335 e. The van der Waals surface area contributed by atoms with Crippen LogP contribution in [0.4, 0.5) is 0 Å². The first-order valence-corrected chi connectivity index (χ1v) is 10.9. The second-order valence-electron chi connectivity index (χ2n) is 7.87. The number of thiocarbonyl (C=S) groups is 1. The van der Waals surface area contributed by atoms with E-state index in [1.165, 1.54) is 0 Å². The number of nitrogens with one attached hydrogen (secondary N) is 1. The molecule has 1 aromatic carbocycles. The number of pyridine rings is 1. The lowest BCUT2D eigenvalue weighted by Crippen LogP contribution is -2.28. The minimum atomic E-state index is -0.956. The Labute approximate surface area is 195 Å². The quantitative estimate of drug-likeness (QED) is 0.384. The third-order valence-corrected chi connectivity index (χ3v) is 6.11. The Morgan fingerprint density at radius 3 is 2.76 bits per heavy atom. The molecular weight excluding hydrogens is 438 g/mol. The number of carboxylic acids is 1. The van der Waals surface area contributed by atoms with Crippen LogP contribution in [0, 0.1) is 6.92 Å². The number of furan rings is 2. The standard InChI is InChI=1S/C25H21N3O4S/c1-15-13-16(24(29)30)7-8-18(15)20-9-10-21(32-20)23-22(19-6-2-3-11-26-19)27-25(33)28(23)14-17-5-4-12-31-17/h2-13,22-23H,14H2,1H3,(H,27,33)(H,29,30)/t22-,23-/m0/s1. The number of benzene rings is 1. The average molecular weight is 460 g/mol. The molecule has 1 aliphatic rings. The maximum atomic E-state index is 11.3. The van der Waals surface area contributed by atoms with E-state index in [2.05, 4.69) is 10.3 Å². The van der Waals surface area contributed by atoms with Gasteiger partial charge in [-0.15, -0.1) is 0 Å². The number of hydrogen-bond donors (Lipinski definition) is 2. The summed E-state index contributed by atoms with van der Waals surface area (Å²) in [4.78, 5) is 17.9. The highest BCUT2D eigenvalue weighted by molar-refractivity contribution is 7.80. The Hall–Kier alpha value is -3.91. The molecule has 1 aliphatic heterocycles. The van der Waals surface area contributed by atoms with Crippen molar-refractivity contribution in [3.63, 3.8) is 0 Å². The molecule has 1 saturated heterocycles. The molecule has 7 nitrogen and oxygen atoms in total. The highest BCUT2D eigenvalue weighted by atomic mass is 32.1. The molecule has 3 aromatic heterocycles. The first-order chi connectivity index (χ1) is 16.0. The van der Waals surface area contributed by atoms with E-state index in [0.717, 1.165) is 28.3 Å². The van der Waals surface area contributed by atoms with E-state index in [1.807, 2.05) is 54.3 Å². The van der Waals surface area contributed by atoms with Gasteiger partial charge in [0.1, 0.15) is 23.3 Å². The van der Waals surface area contributed by atoms with Gasteiger partial charge >= 0.3 is 5.97 Å². The normalized spacial score (nSPS) is 17.8. The van der Waals surface area contributed by atoms with E-state index in [-0.39, 0.29) is 17.6 Å². The summed E-state index contributed by atoms with van der Waals surface area (Å²) in [5.74, 6) is 1.22. The molecule has 0 bridgehead atoms. The molecule has 5 rings (SSSR count). The van der Waals surface area contributed by atoms with Gasteiger partial charge < -0.3 is 24.2 Å². The van der Waals surface area contributed by atoms with Gasteiger partial charge in [0.15, 0.2) is 5.11 Å². The van der Waals surface area contributed by atoms with Crippen molar-refractivity contribution < 1.29 is 18.7 Å². The molecule has 0 radical (unpaired) electrons. The fraction of sp³-hybridized carbons (Fsp3) is 0.160. The minimum absolute atomic E-state index is 0.205. The molecule has 4 heterocycles. The van der Waals surface area contributed by atoms with E-state index < -0.39 is 5.97 Å². The van der Waals surface area contributed by atoms with Gasteiger partial charge in [0.05, 0.1) is 30.1 Å². The van der Waals surface area contributed by atoms with E-state index in [9.17, 15) is 9.90 Å². The van der Waals surface area contributed by atoms with Crippen molar-refractivity contribution in [2.75, 3.05) is 0 Å². The fourth-order valence-corrected chi connectivity index (χ4v) is 4.49. The lowest BCUT2D eigenvalue weighted by molar-refractivity contribution is 0.0696. The monoisotopic (exact) mass is 459 g/mol. The zero-order valence-electron chi connectivity index (χ0n) is 17.8. The summed E-state index contributed by atoms with van der Waals surface area (Å²) in [5, 5.41) is 13.2. The van der Waals surface area contributed by atoms with Gasteiger partial charge in [0.25, 0.3) is 0 Å². The van der Waals surface area contributed by atoms with Crippen LogP contribution in [0.5, 0.6) is 0 Å². The first-order valence-electron chi connectivity index (χ1n) is 10.5. The van der Waals surface area contributed by atoms with Gasteiger partial charge in [0.2, 0.25) is 0 Å². The van der Waals surface area contributed by atoms with E-state index >= 15 is 0 Å². The summed E-state index contributed by atoms with van der Waals surface area (Å²) in [6.45, 7) is 2.35. The highest BCUT2D eigenvalue weighted by Crippen LogP contribution is 2.41. The highest BCUT2D eigenvalue weighted by Gasteiger charge is 2.42. The summed E-state index contributed by atoms with van der Waals surface area (Å²) >= 11 is 5.68. The molecule has 4 aromatic rings. The van der Waals surface area contributed by atoms with Crippen molar-refractivity contribution in [3.05, 3.63) is 101 Å². The average Bonchev–Trinajstić information content (AvgIpc) is 3.56. The Bertz CT molecular complexity index is 1300. The maximum absolute atomic E-state index is 11.3. The predicted octanol–water partition coefficient (Wildman–Crippen LogP) is 5.11. The van der Waals surface area contributed by atoms with Gasteiger partial charge in [-0.3, -0.25) is 4.98 Å². The number of aryl methyl sites for hydroxylation is 1. The van der Waals surface area contributed by atoms with Crippen LogP contribution in [-0.4, -0.2) is 26.1 Å².